The fraction of sp³-hybridized carbons (Fsp3) is 0.929. The molecule has 2 aliphatic heterocycles. The highest BCUT2D eigenvalue weighted by Gasteiger charge is 2.58. The smallest absolute Gasteiger partial charge is 0.308 e. The number of carbonyl (C=O) groups is 1. The van der Waals surface area contributed by atoms with Crippen molar-refractivity contribution in [1.29, 1.82) is 0 Å². The second-order valence-corrected chi connectivity index (χ2v) is 6.06. The topological polar surface area (TPSA) is 85.2 Å². The summed E-state index contributed by atoms with van der Waals surface area (Å²) in [6, 6.07) is 0. The van der Waals surface area contributed by atoms with E-state index in [-0.39, 0.29) is 19.6 Å². The maximum atomic E-state index is 11.8. The van der Waals surface area contributed by atoms with Crippen LogP contribution in [0.15, 0.2) is 0 Å². The Morgan fingerprint density at radius 3 is 2.85 bits per heavy atom. The van der Waals surface area contributed by atoms with Crippen molar-refractivity contribution in [2.24, 2.45) is 5.92 Å². The van der Waals surface area contributed by atoms with Gasteiger partial charge in [-0.25, -0.2) is 0 Å². The van der Waals surface area contributed by atoms with Crippen molar-refractivity contribution in [1.82, 2.24) is 0 Å². The zero-order valence-corrected chi connectivity index (χ0v) is 12.1. The molecule has 0 saturated carbocycles. The molecule has 0 unspecified atom stereocenters. The van der Waals surface area contributed by atoms with Gasteiger partial charge in [-0.1, -0.05) is 26.7 Å². The molecule has 0 amide bonds. The van der Waals surface area contributed by atoms with Crippen molar-refractivity contribution < 1.29 is 29.2 Å². The number of hydrogen-bond acceptors (Lipinski definition) is 6. The lowest BCUT2D eigenvalue weighted by Crippen LogP contribution is -2.47. The van der Waals surface area contributed by atoms with Gasteiger partial charge in [0.05, 0.1) is 6.61 Å². The van der Waals surface area contributed by atoms with Crippen molar-refractivity contribution in [3.63, 3.8) is 0 Å². The van der Waals surface area contributed by atoms with E-state index in [1.165, 1.54) is 0 Å². The van der Waals surface area contributed by atoms with Crippen LogP contribution in [0.25, 0.3) is 0 Å². The zero-order valence-electron chi connectivity index (χ0n) is 12.1. The number of rotatable bonds is 6. The molecule has 2 heterocycles. The molecule has 0 aromatic carbocycles. The molecule has 6 nitrogen and oxygen atoms in total. The maximum absolute atomic E-state index is 11.8. The first-order chi connectivity index (χ1) is 9.42. The van der Waals surface area contributed by atoms with Crippen LogP contribution in [0, 0.1) is 5.92 Å². The summed E-state index contributed by atoms with van der Waals surface area (Å²) < 4.78 is 15.6. The van der Waals surface area contributed by atoms with Crippen molar-refractivity contribution >= 4 is 5.97 Å². The number of carbonyl (C=O) groups excluding carboxylic acids is 1. The molecule has 20 heavy (non-hydrogen) atoms. The molecule has 4 atom stereocenters. The standard InChI is InChI=1S/C14H24O6/c1-9(2)5-3-4-6-11(16)20-14(17)8-19-12-10(15)7-18-13(12)14/h9-10,12-13,15,17H,3-8H2,1-2H3/t10-,12-,13+,14+/m1/s1. The van der Waals surface area contributed by atoms with Gasteiger partial charge in [0.1, 0.15) is 18.8 Å². The van der Waals surface area contributed by atoms with E-state index < -0.39 is 30.1 Å². The Kier molecular flexibility index (Phi) is 5.01. The predicted molar refractivity (Wildman–Crippen MR) is 69.8 cm³/mol. The molecule has 2 aliphatic rings. The molecule has 0 bridgehead atoms. The SMILES string of the molecule is CC(C)CCCCC(=O)O[C@@]1(O)CO[C@@H]2[C@H](O)CO[C@@H]21. The molecular weight excluding hydrogens is 264 g/mol. The molecule has 2 fully saturated rings. The fourth-order valence-electron chi connectivity index (χ4n) is 2.63. The molecule has 6 heteroatoms. The van der Waals surface area contributed by atoms with Gasteiger partial charge >= 0.3 is 5.97 Å². The van der Waals surface area contributed by atoms with E-state index in [0.717, 1.165) is 19.3 Å². The lowest BCUT2D eigenvalue weighted by atomic mass is 10.1. The Labute approximate surface area is 119 Å². The monoisotopic (exact) mass is 288 g/mol. The third-order valence-electron chi connectivity index (χ3n) is 3.75. The third-order valence-corrected chi connectivity index (χ3v) is 3.75. The van der Waals surface area contributed by atoms with Crippen LogP contribution in [0.4, 0.5) is 0 Å². The van der Waals surface area contributed by atoms with Crippen LogP contribution in [0.2, 0.25) is 0 Å². The lowest BCUT2D eigenvalue weighted by Gasteiger charge is -2.26. The average molecular weight is 288 g/mol. The quantitative estimate of drug-likeness (QED) is 0.423. The van der Waals surface area contributed by atoms with E-state index >= 15 is 0 Å². The number of fused-ring (bicyclic) bond motifs is 1. The number of aliphatic hydroxyl groups excluding tert-OH is 1. The molecule has 2 rings (SSSR count). The Hall–Kier alpha value is -0.690. The molecule has 2 saturated heterocycles. The van der Waals surface area contributed by atoms with Gasteiger partial charge in [-0.2, -0.15) is 0 Å². The van der Waals surface area contributed by atoms with E-state index in [9.17, 15) is 15.0 Å². The Morgan fingerprint density at radius 2 is 2.15 bits per heavy atom. The largest absolute Gasteiger partial charge is 0.428 e. The van der Waals surface area contributed by atoms with Crippen molar-refractivity contribution in [2.75, 3.05) is 13.2 Å². The molecule has 0 spiro atoms. The maximum Gasteiger partial charge on any atom is 0.308 e. The summed E-state index contributed by atoms with van der Waals surface area (Å²) in [5.74, 6) is -1.60. The van der Waals surface area contributed by atoms with Crippen LogP contribution in [0.5, 0.6) is 0 Å². The minimum absolute atomic E-state index is 0.0869. The van der Waals surface area contributed by atoms with Gasteiger partial charge in [-0.3, -0.25) is 4.79 Å². The molecule has 0 aromatic rings. The first kappa shape index (κ1) is 15.7. The summed E-state index contributed by atoms with van der Waals surface area (Å²) in [6.07, 6.45) is 0.856. The summed E-state index contributed by atoms with van der Waals surface area (Å²) in [5, 5.41) is 19.9. The van der Waals surface area contributed by atoms with Crippen LogP contribution in [-0.2, 0) is 19.0 Å². The predicted octanol–water partition coefficient (Wildman–Crippen LogP) is 0.593. The van der Waals surface area contributed by atoms with Crippen LogP contribution in [0.1, 0.15) is 39.5 Å². The number of esters is 1. The molecule has 0 aliphatic carbocycles. The second kappa shape index (κ2) is 6.39. The molecule has 0 radical (unpaired) electrons. The van der Waals surface area contributed by atoms with E-state index in [1.807, 2.05) is 0 Å². The minimum Gasteiger partial charge on any atom is -0.428 e. The van der Waals surface area contributed by atoms with Crippen LogP contribution in [-0.4, -0.2) is 53.5 Å². The van der Waals surface area contributed by atoms with Gasteiger partial charge in [0.25, 0.3) is 5.79 Å². The lowest BCUT2D eigenvalue weighted by molar-refractivity contribution is -0.237. The summed E-state index contributed by atoms with van der Waals surface area (Å²) >= 11 is 0. The van der Waals surface area contributed by atoms with Crippen LogP contribution < -0.4 is 0 Å². The highest BCUT2D eigenvalue weighted by Crippen LogP contribution is 2.35. The number of aliphatic hydroxyl groups is 2. The minimum atomic E-state index is -1.77. The number of ether oxygens (including phenoxy) is 3. The molecule has 116 valence electrons. The van der Waals surface area contributed by atoms with E-state index in [4.69, 9.17) is 14.2 Å². The number of unbranched alkanes of at least 4 members (excludes halogenated alkanes) is 1. The van der Waals surface area contributed by atoms with E-state index in [1.54, 1.807) is 0 Å². The molecule has 0 aromatic heterocycles. The summed E-state index contributed by atoms with van der Waals surface area (Å²) in [7, 11) is 0. The first-order valence-electron chi connectivity index (χ1n) is 7.28. The summed E-state index contributed by atoms with van der Waals surface area (Å²) in [6.45, 7) is 4.21. The van der Waals surface area contributed by atoms with Crippen molar-refractivity contribution in [2.45, 2.75) is 63.6 Å². The van der Waals surface area contributed by atoms with Crippen molar-refractivity contribution in [3.05, 3.63) is 0 Å². The van der Waals surface area contributed by atoms with Gasteiger partial charge in [-0.05, 0) is 12.3 Å². The van der Waals surface area contributed by atoms with Gasteiger partial charge in [0, 0.05) is 6.42 Å². The van der Waals surface area contributed by atoms with Gasteiger partial charge < -0.3 is 24.4 Å². The van der Waals surface area contributed by atoms with Crippen LogP contribution in [0.3, 0.4) is 0 Å². The highest BCUT2D eigenvalue weighted by molar-refractivity contribution is 5.69. The van der Waals surface area contributed by atoms with Gasteiger partial charge in [0.2, 0.25) is 0 Å². The Balaban J connectivity index is 1.76. The number of hydrogen-bond donors (Lipinski definition) is 2. The summed E-state index contributed by atoms with van der Waals surface area (Å²) in [5.41, 5.74) is 0. The fourth-order valence-corrected chi connectivity index (χ4v) is 2.63. The Bertz CT molecular complexity index is 345. The third kappa shape index (κ3) is 3.49. The molecular formula is C14H24O6. The first-order valence-corrected chi connectivity index (χ1v) is 7.28. The Morgan fingerprint density at radius 1 is 1.40 bits per heavy atom. The average Bonchev–Trinajstić information content (AvgIpc) is 2.88. The van der Waals surface area contributed by atoms with Gasteiger partial charge in [-0.15, -0.1) is 0 Å². The normalized spacial score (nSPS) is 36.4. The highest BCUT2D eigenvalue weighted by atomic mass is 16.7. The zero-order chi connectivity index (χ0) is 14.8. The molecule has 2 N–H and O–H groups in total. The van der Waals surface area contributed by atoms with Crippen molar-refractivity contribution in [3.8, 4) is 0 Å². The van der Waals surface area contributed by atoms with Gasteiger partial charge in [0.15, 0.2) is 6.10 Å². The van der Waals surface area contributed by atoms with E-state index in [0.29, 0.717) is 5.92 Å². The second-order valence-electron chi connectivity index (χ2n) is 6.06. The van der Waals surface area contributed by atoms with Crippen LogP contribution >= 0.6 is 0 Å². The summed E-state index contributed by atoms with van der Waals surface area (Å²) in [4.78, 5) is 11.8. The van der Waals surface area contributed by atoms with E-state index in [2.05, 4.69) is 13.8 Å².